The van der Waals surface area contributed by atoms with E-state index >= 15 is 0 Å². The lowest BCUT2D eigenvalue weighted by molar-refractivity contribution is 0.616. The second kappa shape index (κ2) is 8.37. The molecule has 0 saturated heterocycles. The Kier molecular flexibility index (Phi) is 4.45. The number of fused-ring (bicyclic) bond motifs is 10. The number of hydrogen-bond acceptors (Lipinski definition) is 3. The van der Waals surface area contributed by atoms with Gasteiger partial charge in [-0.25, -0.2) is 0 Å². The topological polar surface area (TPSA) is 39.4 Å². The van der Waals surface area contributed by atoms with E-state index in [9.17, 15) is 0 Å². The lowest BCUT2D eigenvalue weighted by Crippen LogP contribution is -1.91. The quantitative estimate of drug-likeness (QED) is 0.201. The Morgan fingerprint density at radius 3 is 1.60 bits per heavy atom. The third-order valence-corrected chi connectivity index (χ3v) is 8.95. The van der Waals surface area contributed by atoms with Gasteiger partial charge in [0, 0.05) is 49.2 Å². The van der Waals surface area contributed by atoms with Gasteiger partial charge in [-0.1, -0.05) is 103 Å². The van der Waals surface area contributed by atoms with Crippen LogP contribution in [0.2, 0.25) is 0 Å². The summed E-state index contributed by atoms with van der Waals surface area (Å²) in [6.45, 7) is 0. The van der Waals surface area contributed by atoms with Crippen molar-refractivity contribution in [1.82, 2.24) is 0 Å². The molecule has 0 amide bonds. The zero-order valence-electron chi connectivity index (χ0n) is 22.9. The zero-order valence-corrected chi connectivity index (χ0v) is 22.9. The minimum Gasteiger partial charge on any atom is -0.464 e. The summed E-state index contributed by atoms with van der Waals surface area (Å²) in [6, 6.07) is 44.5. The van der Waals surface area contributed by atoms with Crippen molar-refractivity contribution in [2.24, 2.45) is 0 Å². The van der Waals surface area contributed by atoms with Crippen molar-refractivity contribution in [2.75, 3.05) is 0 Å². The molecule has 10 aromatic rings. The molecular formula is C40H22O3. The first-order chi connectivity index (χ1) is 21.3. The third-order valence-electron chi connectivity index (χ3n) is 8.95. The Hall–Kier alpha value is -5.80. The Balaban J connectivity index is 1.38. The van der Waals surface area contributed by atoms with Crippen molar-refractivity contribution in [3.05, 3.63) is 134 Å². The molecule has 43 heavy (non-hydrogen) atoms. The van der Waals surface area contributed by atoms with Gasteiger partial charge < -0.3 is 13.3 Å². The van der Waals surface area contributed by atoms with E-state index in [1.807, 2.05) is 24.3 Å². The second-order valence-corrected chi connectivity index (χ2v) is 11.2. The van der Waals surface area contributed by atoms with Crippen molar-refractivity contribution in [3.8, 4) is 22.3 Å². The summed E-state index contributed by atoms with van der Waals surface area (Å²) < 4.78 is 19.3. The molecule has 0 spiro atoms. The molecule has 0 radical (unpaired) electrons. The molecule has 3 nitrogen and oxygen atoms in total. The summed E-state index contributed by atoms with van der Waals surface area (Å²) in [5.41, 5.74) is 8.81. The number of rotatable bonds is 2. The molecule has 0 saturated carbocycles. The van der Waals surface area contributed by atoms with Crippen LogP contribution in [-0.4, -0.2) is 0 Å². The highest BCUT2D eigenvalue weighted by Gasteiger charge is 2.23. The van der Waals surface area contributed by atoms with E-state index in [4.69, 9.17) is 13.3 Å². The van der Waals surface area contributed by atoms with Crippen molar-refractivity contribution >= 4 is 76.4 Å². The lowest BCUT2D eigenvalue weighted by Gasteiger charge is -2.18. The van der Waals surface area contributed by atoms with Gasteiger partial charge in [0.05, 0.1) is 6.26 Å². The molecule has 10 rings (SSSR count). The van der Waals surface area contributed by atoms with Gasteiger partial charge in [0.15, 0.2) is 0 Å². The molecule has 3 aromatic heterocycles. The molecule has 7 aromatic carbocycles. The first-order valence-corrected chi connectivity index (χ1v) is 14.5. The van der Waals surface area contributed by atoms with Crippen molar-refractivity contribution in [1.29, 1.82) is 0 Å². The number of para-hydroxylation sites is 3. The summed E-state index contributed by atoms with van der Waals surface area (Å²) in [5.74, 6) is 0. The predicted octanol–water partition coefficient (Wildman–Crippen LogP) is 11.9. The van der Waals surface area contributed by atoms with Gasteiger partial charge in [-0.15, -0.1) is 0 Å². The number of benzene rings is 7. The molecule has 0 aliphatic rings. The van der Waals surface area contributed by atoms with Crippen LogP contribution in [0.25, 0.3) is 98.6 Å². The van der Waals surface area contributed by atoms with Gasteiger partial charge in [-0.3, -0.25) is 0 Å². The molecule has 0 bridgehead atoms. The van der Waals surface area contributed by atoms with Crippen LogP contribution in [0.1, 0.15) is 0 Å². The molecule has 0 unspecified atom stereocenters. The Morgan fingerprint density at radius 1 is 0.349 bits per heavy atom. The van der Waals surface area contributed by atoms with Crippen LogP contribution in [0.5, 0.6) is 0 Å². The van der Waals surface area contributed by atoms with E-state index in [1.165, 1.54) is 5.56 Å². The van der Waals surface area contributed by atoms with E-state index in [2.05, 4.69) is 103 Å². The second-order valence-electron chi connectivity index (χ2n) is 11.2. The largest absolute Gasteiger partial charge is 0.464 e. The third kappa shape index (κ3) is 3.03. The van der Waals surface area contributed by atoms with Crippen LogP contribution in [-0.2, 0) is 0 Å². The van der Waals surface area contributed by atoms with Gasteiger partial charge in [0.25, 0.3) is 0 Å². The molecule has 3 heterocycles. The van der Waals surface area contributed by atoms with Crippen LogP contribution in [0, 0.1) is 0 Å². The minimum atomic E-state index is 0.856. The molecule has 200 valence electrons. The number of furan rings is 3. The molecule has 0 atom stereocenters. The molecule has 0 aliphatic heterocycles. The Morgan fingerprint density at radius 2 is 0.907 bits per heavy atom. The lowest BCUT2D eigenvalue weighted by atomic mass is 9.85. The zero-order chi connectivity index (χ0) is 28.1. The first kappa shape index (κ1) is 22.8. The first-order valence-electron chi connectivity index (χ1n) is 14.5. The maximum atomic E-state index is 6.55. The standard InChI is InChI=1S/C40H22O3/c1-3-13-26-24(11-1)36(30-17-9-16-28-23-10-5-7-18-33(23)43-40(28)30)25-12-2-4-14-27(25)37(26)32-22-35-38(31-20-21-41-39(31)32)29-15-6-8-19-34(29)42-35/h1-22H. The van der Waals surface area contributed by atoms with E-state index < -0.39 is 0 Å². The van der Waals surface area contributed by atoms with Crippen LogP contribution in [0.4, 0.5) is 0 Å². The summed E-state index contributed by atoms with van der Waals surface area (Å²) in [4.78, 5) is 0. The monoisotopic (exact) mass is 550 g/mol. The fraction of sp³-hybridized carbons (Fsp3) is 0. The molecule has 0 aliphatic carbocycles. The summed E-state index contributed by atoms with van der Waals surface area (Å²) in [5, 5.41) is 10.1. The maximum Gasteiger partial charge on any atom is 0.143 e. The van der Waals surface area contributed by atoms with Crippen LogP contribution in [0.15, 0.2) is 147 Å². The smallest absolute Gasteiger partial charge is 0.143 e. The Bertz CT molecular complexity index is 2680. The van der Waals surface area contributed by atoms with Crippen LogP contribution < -0.4 is 0 Å². The Labute approximate surface area is 245 Å². The van der Waals surface area contributed by atoms with E-state index in [1.54, 1.807) is 6.26 Å². The van der Waals surface area contributed by atoms with Crippen molar-refractivity contribution in [3.63, 3.8) is 0 Å². The maximum absolute atomic E-state index is 6.55. The average molecular weight is 551 g/mol. The summed E-state index contributed by atoms with van der Waals surface area (Å²) in [6.07, 6.45) is 1.79. The predicted molar refractivity (Wildman–Crippen MR) is 177 cm³/mol. The van der Waals surface area contributed by atoms with E-state index in [-0.39, 0.29) is 0 Å². The highest BCUT2D eigenvalue weighted by molar-refractivity contribution is 6.28. The SMILES string of the molecule is c1ccc2c(c1)oc1c(-c3c4ccccc4c(-c4cc5oc6ccccc6c5c5ccoc45)c4ccccc34)cccc12. The fourth-order valence-corrected chi connectivity index (χ4v) is 7.19. The van der Waals surface area contributed by atoms with Gasteiger partial charge in [-0.05, 0) is 45.8 Å². The summed E-state index contributed by atoms with van der Waals surface area (Å²) in [7, 11) is 0. The summed E-state index contributed by atoms with van der Waals surface area (Å²) >= 11 is 0. The normalized spacial score (nSPS) is 12.2. The fourth-order valence-electron chi connectivity index (χ4n) is 7.19. The molecule has 0 fully saturated rings. The highest BCUT2D eigenvalue weighted by atomic mass is 16.3. The van der Waals surface area contributed by atoms with Gasteiger partial charge >= 0.3 is 0 Å². The number of hydrogen-bond donors (Lipinski definition) is 0. The molecular weight excluding hydrogens is 528 g/mol. The highest BCUT2D eigenvalue weighted by Crippen LogP contribution is 2.49. The van der Waals surface area contributed by atoms with Crippen LogP contribution >= 0.6 is 0 Å². The van der Waals surface area contributed by atoms with Gasteiger partial charge in [0.1, 0.15) is 27.9 Å². The van der Waals surface area contributed by atoms with E-state index in [0.717, 1.165) is 93.1 Å². The van der Waals surface area contributed by atoms with Gasteiger partial charge in [-0.2, -0.15) is 0 Å². The van der Waals surface area contributed by atoms with Gasteiger partial charge in [0.2, 0.25) is 0 Å². The van der Waals surface area contributed by atoms with Crippen LogP contribution in [0.3, 0.4) is 0 Å². The minimum absolute atomic E-state index is 0.856. The average Bonchev–Trinajstić information content (AvgIpc) is 3.78. The van der Waals surface area contributed by atoms with Crippen molar-refractivity contribution < 1.29 is 13.3 Å². The molecule has 0 N–H and O–H groups in total. The van der Waals surface area contributed by atoms with E-state index in [0.29, 0.717) is 0 Å². The van der Waals surface area contributed by atoms with Crippen molar-refractivity contribution in [2.45, 2.75) is 0 Å². The molecule has 3 heteroatoms.